The zero-order valence-electron chi connectivity index (χ0n) is 10.1. The molecule has 2 fully saturated rings. The Morgan fingerprint density at radius 1 is 1.13 bits per heavy atom. The van der Waals surface area contributed by atoms with Gasteiger partial charge in [0, 0.05) is 12.1 Å². The molecule has 0 aromatic heterocycles. The van der Waals surface area contributed by atoms with Gasteiger partial charge in [0.25, 0.3) is 0 Å². The van der Waals surface area contributed by atoms with Crippen molar-refractivity contribution in [1.29, 1.82) is 0 Å². The maximum absolute atomic E-state index is 6.11. The molecule has 0 aromatic carbocycles. The highest BCUT2D eigenvalue weighted by Crippen LogP contribution is 2.28. The second-order valence-corrected chi connectivity index (χ2v) is 5.52. The Bertz CT molecular complexity index is 193. The van der Waals surface area contributed by atoms with Crippen LogP contribution in [0.1, 0.15) is 51.9 Å². The standard InChI is InChI=1S/C13H26N2/c1-11-5-2-3-9-15(11)10-8-12-6-4-7-13(12)14/h11-13H,2-10,14H2,1H3. The van der Waals surface area contributed by atoms with E-state index in [0.717, 1.165) is 12.0 Å². The first-order chi connectivity index (χ1) is 7.27. The number of rotatable bonds is 3. The van der Waals surface area contributed by atoms with E-state index in [0.29, 0.717) is 6.04 Å². The van der Waals surface area contributed by atoms with Gasteiger partial charge in [-0.25, -0.2) is 0 Å². The lowest BCUT2D eigenvalue weighted by Crippen LogP contribution is -2.39. The van der Waals surface area contributed by atoms with E-state index in [1.807, 2.05) is 0 Å². The number of nitrogens with two attached hydrogens (primary N) is 1. The quantitative estimate of drug-likeness (QED) is 0.775. The van der Waals surface area contributed by atoms with Gasteiger partial charge in [-0.2, -0.15) is 0 Å². The first kappa shape index (κ1) is 11.4. The number of hydrogen-bond acceptors (Lipinski definition) is 2. The smallest absolute Gasteiger partial charge is 0.00676 e. The maximum Gasteiger partial charge on any atom is 0.00676 e. The van der Waals surface area contributed by atoms with E-state index in [-0.39, 0.29) is 0 Å². The van der Waals surface area contributed by atoms with Gasteiger partial charge in [-0.1, -0.05) is 12.8 Å². The van der Waals surface area contributed by atoms with Crippen LogP contribution in [-0.2, 0) is 0 Å². The van der Waals surface area contributed by atoms with Crippen molar-refractivity contribution in [3.8, 4) is 0 Å². The molecule has 1 aliphatic heterocycles. The number of piperidine rings is 1. The van der Waals surface area contributed by atoms with Crippen molar-refractivity contribution >= 4 is 0 Å². The summed E-state index contributed by atoms with van der Waals surface area (Å²) in [7, 11) is 0. The third kappa shape index (κ3) is 2.94. The Morgan fingerprint density at radius 3 is 2.67 bits per heavy atom. The van der Waals surface area contributed by atoms with E-state index >= 15 is 0 Å². The van der Waals surface area contributed by atoms with Crippen LogP contribution in [0.5, 0.6) is 0 Å². The van der Waals surface area contributed by atoms with Crippen molar-refractivity contribution in [3.63, 3.8) is 0 Å². The topological polar surface area (TPSA) is 29.3 Å². The molecule has 3 atom stereocenters. The highest BCUT2D eigenvalue weighted by molar-refractivity contribution is 4.82. The van der Waals surface area contributed by atoms with E-state index in [9.17, 15) is 0 Å². The van der Waals surface area contributed by atoms with Gasteiger partial charge in [0.2, 0.25) is 0 Å². The van der Waals surface area contributed by atoms with Gasteiger partial charge in [-0.05, 0) is 58.0 Å². The van der Waals surface area contributed by atoms with Gasteiger partial charge in [0.15, 0.2) is 0 Å². The molecule has 1 heterocycles. The van der Waals surface area contributed by atoms with Crippen molar-refractivity contribution in [2.45, 2.75) is 64.0 Å². The van der Waals surface area contributed by atoms with Crippen LogP contribution < -0.4 is 5.73 Å². The fraction of sp³-hybridized carbons (Fsp3) is 1.00. The molecular formula is C13H26N2. The van der Waals surface area contributed by atoms with E-state index in [4.69, 9.17) is 5.73 Å². The molecule has 1 saturated heterocycles. The molecule has 1 aliphatic carbocycles. The Morgan fingerprint density at radius 2 is 2.00 bits per heavy atom. The van der Waals surface area contributed by atoms with E-state index < -0.39 is 0 Å². The highest BCUT2D eigenvalue weighted by Gasteiger charge is 2.25. The van der Waals surface area contributed by atoms with Crippen LogP contribution in [0.2, 0.25) is 0 Å². The molecule has 0 aromatic rings. The minimum Gasteiger partial charge on any atom is -0.327 e. The van der Waals surface area contributed by atoms with E-state index in [1.165, 1.54) is 58.0 Å². The molecule has 1 saturated carbocycles. The minimum absolute atomic E-state index is 0.505. The summed E-state index contributed by atoms with van der Waals surface area (Å²) in [6.45, 7) is 5.00. The lowest BCUT2D eigenvalue weighted by Gasteiger charge is -2.34. The van der Waals surface area contributed by atoms with Gasteiger partial charge >= 0.3 is 0 Å². The zero-order valence-corrected chi connectivity index (χ0v) is 10.1. The molecule has 0 amide bonds. The maximum atomic E-state index is 6.11. The molecular weight excluding hydrogens is 184 g/mol. The molecule has 88 valence electrons. The van der Waals surface area contributed by atoms with Crippen LogP contribution >= 0.6 is 0 Å². The van der Waals surface area contributed by atoms with Gasteiger partial charge in [0.05, 0.1) is 0 Å². The largest absolute Gasteiger partial charge is 0.327 e. The average Bonchev–Trinajstić information content (AvgIpc) is 2.63. The molecule has 15 heavy (non-hydrogen) atoms. The van der Waals surface area contributed by atoms with Gasteiger partial charge < -0.3 is 10.6 Å². The van der Waals surface area contributed by atoms with Gasteiger partial charge in [-0.3, -0.25) is 0 Å². The molecule has 0 spiro atoms. The Labute approximate surface area is 94.2 Å². The fourth-order valence-electron chi connectivity index (χ4n) is 3.25. The predicted molar refractivity (Wildman–Crippen MR) is 64.8 cm³/mol. The minimum atomic E-state index is 0.505. The summed E-state index contributed by atoms with van der Waals surface area (Å²) in [4.78, 5) is 2.68. The number of nitrogens with zero attached hydrogens (tertiary/aromatic N) is 1. The fourth-order valence-corrected chi connectivity index (χ4v) is 3.25. The third-order valence-corrected chi connectivity index (χ3v) is 4.45. The second-order valence-electron chi connectivity index (χ2n) is 5.52. The highest BCUT2D eigenvalue weighted by atomic mass is 15.2. The van der Waals surface area contributed by atoms with Crippen LogP contribution in [0.3, 0.4) is 0 Å². The van der Waals surface area contributed by atoms with Crippen molar-refractivity contribution in [2.75, 3.05) is 13.1 Å². The molecule has 2 N–H and O–H groups in total. The lowest BCUT2D eigenvalue weighted by molar-refractivity contribution is 0.149. The summed E-state index contributed by atoms with van der Waals surface area (Å²) < 4.78 is 0. The molecule has 2 aliphatic rings. The molecule has 0 bridgehead atoms. The van der Waals surface area contributed by atoms with Crippen molar-refractivity contribution in [2.24, 2.45) is 11.7 Å². The zero-order chi connectivity index (χ0) is 10.7. The normalized spacial score (nSPS) is 38.4. The van der Waals surface area contributed by atoms with Crippen LogP contribution in [0.15, 0.2) is 0 Å². The summed E-state index contributed by atoms with van der Waals surface area (Å²) in [5, 5.41) is 0. The average molecular weight is 210 g/mol. The van der Waals surface area contributed by atoms with Crippen LogP contribution in [-0.4, -0.2) is 30.1 Å². The Balaban J connectivity index is 1.72. The van der Waals surface area contributed by atoms with Crippen molar-refractivity contribution < 1.29 is 0 Å². The number of likely N-dealkylation sites (tertiary alicyclic amines) is 1. The van der Waals surface area contributed by atoms with Crippen molar-refractivity contribution in [3.05, 3.63) is 0 Å². The first-order valence-corrected chi connectivity index (χ1v) is 6.77. The molecule has 2 nitrogen and oxygen atoms in total. The van der Waals surface area contributed by atoms with Gasteiger partial charge in [0.1, 0.15) is 0 Å². The van der Waals surface area contributed by atoms with Gasteiger partial charge in [-0.15, -0.1) is 0 Å². The summed E-state index contributed by atoms with van der Waals surface area (Å²) >= 11 is 0. The number of hydrogen-bond donors (Lipinski definition) is 1. The molecule has 3 unspecified atom stereocenters. The van der Waals surface area contributed by atoms with E-state index in [2.05, 4.69) is 11.8 Å². The molecule has 2 heteroatoms. The summed E-state index contributed by atoms with van der Waals surface area (Å²) in [5.41, 5.74) is 6.11. The van der Waals surface area contributed by atoms with Crippen molar-refractivity contribution in [1.82, 2.24) is 4.90 Å². The predicted octanol–water partition coefficient (Wildman–Crippen LogP) is 2.38. The Hall–Kier alpha value is -0.0800. The third-order valence-electron chi connectivity index (χ3n) is 4.45. The van der Waals surface area contributed by atoms with E-state index in [1.54, 1.807) is 0 Å². The first-order valence-electron chi connectivity index (χ1n) is 6.77. The summed E-state index contributed by atoms with van der Waals surface area (Å²) in [6, 6.07) is 1.32. The van der Waals surface area contributed by atoms with Crippen LogP contribution in [0.25, 0.3) is 0 Å². The molecule has 0 radical (unpaired) electrons. The summed E-state index contributed by atoms with van der Waals surface area (Å²) in [5.74, 6) is 0.819. The molecule has 2 rings (SSSR count). The second kappa shape index (κ2) is 5.31. The lowest BCUT2D eigenvalue weighted by atomic mass is 9.98. The SMILES string of the molecule is CC1CCCCN1CCC1CCCC1N. The van der Waals surface area contributed by atoms with Crippen LogP contribution in [0, 0.1) is 5.92 Å². The van der Waals surface area contributed by atoms with Crippen LogP contribution in [0.4, 0.5) is 0 Å². The monoisotopic (exact) mass is 210 g/mol. The Kier molecular flexibility index (Phi) is 4.04. The summed E-state index contributed by atoms with van der Waals surface area (Å²) in [6.07, 6.45) is 9.58.